The molecule has 3 aromatic carbocycles. The first kappa shape index (κ1) is 23.2. The molecule has 0 aliphatic rings. The molecule has 0 fully saturated rings. The smallest absolute Gasteiger partial charge is 0.118 e. The molecule has 1 heterocycles. The van der Waals surface area contributed by atoms with Gasteiger partial charge in [0.25, 0.3) is 0 Å². The molecule has 4 rings (SSSR count). The average molecular weight is 498 g/mol. The largest absolute Gasteiger partial charge is 0.543 e. The van der Waals surface area contributed by atoms with Gasteiger partial charge in [-0.25, -0.2) is 4.98 Å². The molecule has 0 aliphatic carbocycles. The number of carboxylic acid groups (broad SMARTS) is 1. The van der Waals surface area contributed by atoms with Gasteiger partial charge in [0.1, 0.15) is 5.75 Å². The van der Waals surface area contributed by atoms with Crippen molar-refractivity contribution in [3.63, 3.8) is 0 Å². The van der Waals surface area contributed by atoms with E-state index in [1.54, 1.807) is 31.0 Å². The first-order valence-corrected chi connectivity index (χ1v) is 11.5. The molecule has 0 aliphatic heterocycles. The van der Waals surface area contributed by atoms with E-state index in [1.165, 1.54) is 6.07 Å². The number of carbonyl (C=O) groups excluding carboxylic acids is 1. The third-order valence-corrected chi connectivity index (χ3v) is 6.55. The first-order valence-electron chi connectivity index (χ1n) is 9.97. The molecule has 1 aromatic heterocycles. The van der Waals surface area contributed by atoms with Gasteiger partial charge < -0.3 is 19.5 Å². The molecule has 8 heteroatoms. The van der Waals surface area contributed by atoms with Crippen molar-refractivity contribution in [1.82, 2.24) is 4.98 Å². The summed E-state index contributed by atoms with van der Waals surface area (Å²) >= 11 is 14.2. The van der Waals surface area contributed by atoms with E-state index in [-0.39, 0.29) is 5.69 Å². The number of ether oxygens (including phenoxy) is 1. The van der Waals surface area contributed by atoms with Gasteiger partial charge in [0.15, 0.2) is 0 Å². The van der Waals surface area contributed by atoms with Crippen molar-refractivity contribution >= 4 is 57.5 Å². The van der Waals surface area contributed by atoms with Crippen LogP contribution in [0.25, 0.3) is 10.9 Å². The van der Waals surface area contributed by atoms with Crippen LogP contribution in [0.5, 0.6) is 5.75 Å². The average Bonchev–Trinajstić information content (AvgIpc) is 2.78. The van der Waals surface area contributed by atoms with Crippen molar-refractivity contribution in [3.05, 3.63) is 88.0 Å². The lowest BCUT2D eigenvalue weighted by molar-refractivity contribution is -0.255. The predicted molar refractivity (Wildman–Crippen MR) is 132 cm³/mol. The summed E-state index contributed by atoms with van der Waals surface area (Å²) in [5.74, 6) is -0.546. The molecule has 0 unspecified atom stereocenters. The van der Waals surface area contributed by atoms with E-state index in [2.05, 4.69) is 11.1 Å². The van der Waals surface area contributed by atoms with Gasteiger partial charge in [0, 0.05) is 39.5 Å². The lowest BCUT2D eigenvalue weighted by Gasteiger charge is -2.23. The van der Waals surface area contributed by atoms with Crippen molar-refractivity contribution < 1.29 is 14.6 Å². The summed E-state index contributed by atoms with van der Waals surface area (Å²) in [5.41, 5.74) is 1.92. The maximum atomic E-state index is 11.5. The number of aromatic nitrogens is 1. The number of halogens is 2. The number of hydrogen-bond acceptors (Lipinski definition) is 6. The number of benzene rings is 3. The standard InChI is InChI=1S/C25H20Cl2N2O3S/c1-29(23-13-22(25(30)31)28-21-12-16(26)11-20(27)24(21)23)14-15-4-3-5-19(10-15)33-18-8-6-17(32-2)7-9-18/h3-13H,14H2,1-2H3,(H,30,31)/p-1. The number of aromatic carboxylic acids is 1. The summed E-state index contributed by atoms with van der Waals surface area (Å²) in [4.78, 5) is 19.8. The topological polar surface area (TPSA) is 65.5 Å². The monoisotopic (exact) mass is 497 g/mol. The summed E-state index contributed by atoms with van der Waals surface area (Å²) in [6, 6.07) is 20.8. The molecule has 0 saturated heterocycles. The van der Waals surface area contributed by atoms with Crippen LogP contribution in [-0.4, -0.2) is 25.1 Å². The van der Waals surface area contributed by atoms with Crippen molar-refractivity contribution in [2.75, 3.05) is 19.1 Å². The Morgan fingerprint density at radius 2 is 1.82 bits per heavy atom. The summed E-state index contributed by atoms with van der Waals surface area (Å²) < 4.78 is 5.22. The Morgan fingerprint density at radius 3 is 2.52 bits per heavy atom. The molecule has 33 heavy (non-hydrogen) atoms. The number of pyridine rings is 1. The van der Waals surface area contributed by atoms with E-state index in [4.69, 9.17) is 27.9 Å². The van der Waals surface area contributed by atoms with E-state index in [1.807, 2.05) is 54.4 Å². The van der Waals surface area contributed by atoms with E-state index < -0.39 is 5.97 Å². The fourth-order valence-electron chi connectivity index (χ4n) is 3.52. The number of methoxy groups -OCH3 is 1. The molecule has 0 amide bonds. The molecular weight excluding hydrogens is 479 g/mol. The van der Waals surface area contributed by atoms with Crippen molar-refractivity contribution in [2.24, 2.45) is 0 Å². The van der Waals surface area contributed by atoms with Crippen molar-refractivity contribution in [1.29, 1.82) is 0 Å². The number of anilines is 1. The molecule has 0 saturated carbocycles. The number of nitrogens with zero attached hydrogens (tertiary/aromatic N) is 2. The fraction of sp³-hybridized carbons (Fsp3) is 0.120. The zero-order chi connectivity index (χ0) is 23.5. The van der Waals surface area contributed by atoms with E-state index in [9.17, 15) is 9.90 Å². The highest BCUT2D eigenvalue weighted by Gasteiger charge is 2.15. The lowest BCUT2D eigenvalue weighted by atomic mass is 10.1. The van der Waals surface area contributed by atoms with E-state index in [0.717, 1.165) is 21.1 Å². The Morgan fingerprint density at radius 1 is 1.06 bits per heavy atom. The minimum absolute atomic E-state index is 0.175. The number of carbonyl (C=O) groups is 1. The highest BCUT2D eigenvalue weighted by Crippen LogP contribution is 2.36. The highest BCUT2D eigenvalue weighted by atomic mass is 35.5. The van der Waals surface area contributed by atoms with Gasteiger partial charge in [0.05, 0.1) is 29.3 Å². The van der Waals surface area contributed by atoms with Crippen LogP contribution in [0.15, 0.2) is 76.5 Å². The molecular formula is C25H19Cl2N2O3S-. The Bertz CT molecular complexity index is 1330. The predicted octanol–water partition coefficient (Wildman–Crippen LogP) is 5.70. The summed E-state index contributed by atoms with van der Waals surface area (Å²) in [6.45, 7) is 0.529. The van der Waals surface area contributed by atoms with Crippen LogP contribution < -0.4 is 14.7 Å². The van der Waals surface area contributed by atoms with Gasteiger partial charge >= 0.3 is 0 Å². The highest BCUT2D eigenvalue weighted by molar-refractivity contribution is 7.99. The fourth-order valence-corrected chi connectivity index (χ4v) is 5.00. The Balaban J connectivity index is 1.63. The minimum Gasteiger partial charge on any atom is -0.543 e. The van der Waals surface area contributed by atoms with Crippen molar-refractivity contribution in [3.8, 4) is 5.75 Å². The minimum atomic E-state index is -1.36. The number of rotatable bonds is 7. The molecule has 0 N–H and O–H groups in total. The lowest BCUT2D eigenvalue weighted by Crippen LogP contribution is -2.25. The molecule has 0 bridgehead atoms. The van der Waals surface area contributed by atoms with Gasteiger partial charge in [-0.3, -0.25) is 0 Å². The first-order chi connectivity index (χ1) is 15.8. The normalized spacial score (nSPS) is 10.9. The molecule has 0 spiro atoms. The maximum absolute atomic E-state index is 11.5. The molecule has 168 valence electrons. The zero-order valence-corrected chi connectivity index (χ0v) is 20.2. The summed E-state index contributed by atoms with van der Waals surface area (Å²) in [7, 11) is 3.52. The van der Waals surface area contributed by atoms with Gasteiger partial charge in [0.2, 0.25) is 0 Å². The van der Waals surface area contributed by atoms with Gasteiger partial charge in [-0.2, -0.15) is 0 Å². The van der Waals surface area contributed by atoms with Gasteiger partial charge in [-0.05, 0) is 60.2 Å². The Labute approximate surface area is 205 Å². The molecule has 0 radical (unpaired) electrons. The van der Waals surface area contributed by atoms with Gasteiger partial charge in [-0.15, -0.1) is 0 Å². The second kappa shape index (κ2) is 9.91. The van der Waals surface area contributed by atoms with Crippen LogP contribution >= 0.6 is 35.0 Å². The Kier molecular flexibility index (Phi) is 6.98. The molecule has 4 aromatic rings. The quantitative estimate of drug-likeness (QED) is 0.326. The van der Waals surface area contributed by atoms with Crippen LogP contribution in [0.2, 0.25) is 10.0 Å². The summed E-state index contributed by atoms with van der Waals surface area (Å²) in [6.07, 6.45) is 0. The number of hydrogen-bond donors (Lipinski definition) is 0. The van der Waals surface area contributed by atoms with Crippen LogP contribution in [0.4, 0.5) is 5.69 Å². The molecule has 5 nitrogen and oxygen atoms in total. The van der Waals surface area contributed by atoms with Crippen molar-refractivity contribution in [2.45, 2.75) is 16.3 Å². The van der Waals surface area contributed by atoms with Crippen LogP contribution in [-0.2, 0) is 6.54 Å². The Hall–Kier alpha value is -2.93. The molecule has 0 atom stereocenters. The second-order valence-corrected chi connectivity index (χ2v) is 9.37. The maximum Gasteiger partial charge on any atom is 0.118 e. The summed E-state index contributed by atoms with van der Waals surface area (Å²) in [5, 5.41) is 13.0. The second-order valence-electron chi connectivity index (χ2n) is 7.38. The number of fused-ring (bicyclic) bond motifs is 1. The van der Waals surface area contributed by atoms with E-state index >= 15 is 0 Å². The third-order valence-electron chi connectivity index (χ3n) is 5.04. The van der Waals surface area contributed by atoms with E-state index in [0.29, 0.717) is 33.2 Å². The zero-order valence-electron chi connectivity index (χ0n) is 17.8. The van der Waals surface area contributed by atoms with Gasteiger partial charge in [-0.1, -0.05) is 47.1 Å². The van der Waals surface area contributed by atoms with Crippen LogP contribution in [0.1, 0.15) is 16.1 Å². The van der Waals surface area contributed by atoms with Crippen LogP contribution in [0.3, 0.4) is 0 Å². The third kappa shape index (κ3) is 5.36. The van der Waals surface area contributed by atoms with Crippen LogP contribution in [0, 0.1) is 0 Å². The SMILES string of the molecule is COc1ccc(Sc2cccc(CN(C)c3cc(C(=O)[O-])nc4cc(Cl)cc(Cl)c34)c2)cc1. The number of carboxylic acids is 1.